The van der Waals surface area contributed by atoms with Crippen LogP contribution in [0.15, 0.2) is 41.2 Å². The molecule has 3 aromatic rings. The smallest absolute Gasteiger partial charge is 0.255 e. The van der Waals surface area contributed by atoms with E-state index >= 15 is 0 Å². The van der Waals surface area contributed by atoms with Crippen molar-refractivity contribution in [1.82, 2.24) is 9.55 Å². The molecule has 0 spiro atoms. The first-order valence-electron chi connectivity index (χ1n) is 9.97. The van der Waals surface area contributed by atoms with E-state index in [0.717, 1.165) is 0 Å². The van der Waals surface area contributed by atoms with Gasteiger partial charge in [-0.2, -0.15) is 0 Å². The molecule has 0 aliphatic rings. The standard InChI is InChI=1S/C23H25FN4O5/c1-13-8-15(6-7-17(13)24)27-23-25-14(2)9-21(30)28(23)12-20(29)26-16-10-18(31-3)22(33-5)19(11-16)32-4/h6-11H,12H2,1-5H3,(H,25,27)(H,26,29). The number of methoxy groups -OCH3 is 3. The quantitative estimate of drug-likeness (QED) is 0.535. The van der Waals surface area contributed by atoms with Crippen LogP contribution in [0, 0.1) is 19.7 Å². The van der Waals surface area contributed by atoms with Crippen LogP contribution in [0.5, 0.6) is 17.2 Å². The fourth-order valence-electron chi connectivity index (χ4n) is 3.22. The number of nitrogens with one attached hydrogen (secondary N) is 2. The number of hydrogen-bond donors (Lipinski definition) is 2. The van der Waals surface area contributed by atoms with E-state index in [4.69, 9.17) is 14.2 Å². The Morgan fingerprint density at radius 1 is 1.00 bits per heavy atom. The van der Waals surface area contributed by atoms with Gasteiger partial charge in [0.15, 0.2) is 11.5 Å². The molecule has 0 bridgehead atoms. The van der Waals surface area contributed by atoms with Crippen molar-refractivity contribution in [2.45, 2.75) is 20.4 Å². The molecule has 1 amide bonds. The lowest BCUT2D eigenvalue weighted by molar-refractivity contribution is -0.116. The molecule has 0 aliphatic carbocycles. The molecule has 10 heteroatoms. The second-order valence-corrected chi connectivity index (χ2v) is 7.20. The summed E-state index contributed by atoms with van der Waals surface area (Å²) in [7, 11) is 4.41. The number of ether oxygens (including phenoxy) is 3. The van der Waals surface area contributed by atoms with Crippen molar-refractivity contribution in [1.29, 1.82) is 0 Å². The van der Waals surface area contributed by atoms with Crippen molar-refractivity contribution in [2.75, 3.05) is 32.0 Å². The number of carbonyl (C=O) groups excluding carboxylic acids is 1. The van der Waals surface area contributed by atoms with Gasteiger partial charge in [-0.25, -0.2) is 9.37 Å². The van der Waals surface area contributed by atoms with Gasteiger partial charge in [0, 0.05) is 35.3 Å². The average molecular weight is 456 g/mol. The molecule has 1 aromatic heterocycles. The Morgan fingerprint density at radius 3 is 2.24 bits per heavy atom. The first-order chi connectivity index (χ1) is 15.7. The van der Waals surface area contributed by atoms with E-state index in [1.54, 1.807) is 32.0 Å². The number of carbonyl (C=O) groups is 1. The highest BCUT2D eigenvalue weighted by Gasteiger charge is 2.16. The van der Waals surface area contributed by atoms with E-state index in [1.807, 2.05) is 0 Å². The number of aromatic nitrogens is 2. The van der Waals surface area contributed by atoms with E-state index in [-0.39, 0.29) is 18.3 Å². The molecule has 0 aliphatic heterocycles. The monoisotopic (exact) mass is 456 g/mol. The molecule has 1 heterocycles. The van der Waals surface area contributed by atoms with Crippen molar-refractivity contribution < 1.29 is 23.4 Å². The molecule has 9 nitrogen and oxygen atoms in total. The number of nitrogens with zero attached hydrogens (tertiary/aromatic N) is 2. The predicted octanol–water partition coefficient (Wildman–Crippen LogP) is 3.41. The van der Waals surface area contributed by atoms with Crippen molar-refractivity contribution in [3.63, 3.8) is 0 Å². The van der Waals surface area contributed by atoms with Crippen LogP contribution in [0.2, 0.25) is 0 Å². The zero-order valence-electron chi connectivity index (χ0n) is 19.0. The van der Waals surface area contributed by atoms with Crippen LogP contribution in [-0.4, -0.2) is 36.8 Å². The van der Waals surface area contributed by atoms with Crippen LogP contribution in [0.25, 0.3) is 0 Å². The lowest BCUT2D eigenvalue weighted by Gasteiger charge is -2.16. The van der Waals surface area contributed by atoms with Crippen LogP contribution < -0.4 is 30.4 Å². The highest BCUT2D eigenvalue weighted by atomic mass is 19.1. The van der Waals surface area contributed by atoms with Gasteiger partial charge in [-0.3, -0.25) is 14.2 Å². The topological polar surface area (TPSA) is 104 Å². The second kappa shape index (κ2) is 10.0. The van der Waals surface area contributed by atoms with Gasteiger partial charge in [-0.05, 0) is 37.6 Å². The fraction of sp³-hybridized carbons (Fsp3) is 0.261. The number of rotatable bonds is 8. The molecular weight excluding hydrogens is 431 g/mol. The molecule has 0 fully saturated rings. The molecule has 0 radical (unpaired) electrons. The first kappa shape index (κ1) is 23.6. The van der Waals surface area contributed by atoms with E-state index in [0.29, 0.717) is 39.9 Å². The number of aryl methyl sites for hydroxylation is 2. The van der Waals surface area contributed by atoms with Gasteiger partial charge >= 0.3 is 0 Å². The third-order valence-electron chi connectivity index (χ3n) is 4.80. The SMILES string of the molecule is COc1cc(NC(=O)Cn2c(Nc3ccc(F)c(C)c3)nc(C)cc2=O)cc(OC)c1OC. The summed E-state index contributed by atoms with van der Waals surface area (Å²) in [5.74, 6) is 0.463. The van der Waals surface area contributed by atoms with Crippen LogP contribution in [0.4, 0.5) is 21.7 Å². The third-order valence-corrected chi connectivity index (χ3v) is 4.80. The minimum Gasteiger partial charge on any atom is -0.493 e. The molecule has 174 valence electrons. The Labute approximate surface area is 190 Å². The highest BCUT2D eigenvalue weighted by Crippen LogP contribution is 2.39. The molecule has 3 rings (SSSR count). The molecule has 0 atom stereocenters. The maximum absolute atomic E-state index is 13.6. The van der Waals surface area contributed by atoms with Gasteiger partial charge in [0.1, 0.15) is 12.4 Å². The number of anilines is 3. The van der Waals surface area contributed by atoms with Crippen molar-refractivity contribution >= 4 is 23.2 Å². The Kier molecular flexibility index (Phi) is 7.17. The van der Waals surface area contributed by atoms with Crippen LogP contribution in [0.1, 0.15) is 11.3 Å². The molecule has 0 saturated heterocycles. The van der Waals surface area contributed by atoms with Gasteiger partial charge in [-0.15, -0.1) is 0 Å². The van der Waals surface area contributed by atoms with E-state index in [1.165, 1.54) is 44.1 Å². The van der Waals surface area contributed by atoms with Gasteiger partial charge in [-0.1, -0.05) is 0 Å². The lowest BCUT2D eigenvalue weighted by atomic mass is 10.2. The summed E-state index contributed by atoms with van der Waals surface area (Å²) in [6.07, 6.45) is 0. The van der Waals surface area contributed by atoms with Crippen LogP contribution >= 0.6 is 0 Å². The molecule has 0 saturated carbocycles. The number of amides is 1. The highest BCUT2D eigenvalue weighted by molar-refractivity contribution is 5.91. The maximum Gasteiger partial charge on any atom is 0.255 e. The van der Waals surface area contributed by atoms with E-state index < -0.39 is 11.5 Å². The fourth-order valence-corrected chi connectivity index (χ4v) is 3.22. The number of hydrogen-bond acceptors (Lipinski definition) is 7. The second-order valence-electron chi connectivity index (χ2n) is 7.20. The first-order valence-corrected chi connectivity index (χ1v) is 9.97. The summed E-state index contributed by atoms with van der Waals surface area (Å²) >= 11 is 0. The summed E-state index contributed by atoms with van der Waals surface area (Å²) in [5, 5.41) is 5.71. The van der Waals surface area contributed by atoms with Gasteiger partial charge < -0.3 is 24.8 Å². The molecule has 0 unspecified atom stereocenters. The number of halogens is 1. The Hall–Kier alpha value is -4.08. The summed E-state index contributed by atoms with van der Waals surface area (Å²) in [6, 6.07) is 8.91. The van der Waals surface area contributed by atoms with Crippen molar-refractivity contribution in [3.05, 3.63) is 63.8 Å². The molecule has 2 N–H and O–H groups in total. The predicted molar refractivity (Wildman–Crippen MR) is 122 cm³/mol. The lowest BCUT2D eigenvalue weighted by Crippen LogP contribution is -2.30. The zero-order valence-corrected chi connectivity index (χ0v) is 19.0. The van der Waals surface area contributed by atoms with Crippen molar-refractivity contribution in [3.8, 4) is 17.2 Å². The number of benzene rings is 2. The molecule has 2 aromatic carbocycles. The molecular formula is C23H25FN4O5. The normalized spacial score (nSPS) is 10.5. The Bertz CT molecular complexity index is 1220. The summed E-state index contributed by atoms with van der Waals surface area (Å²) in [6.45, 7) is 2.98. The summed E-state index contributed by atoms with van der Waals surface area (Å²) in [4.78, 5) is 29.8. The van der Waals surface area contributed by atoms with Gasteiger partial charge in [0.2, 0.25) is 17.6 Å². The minimum absolute atomic E-state index is 0.158. The minimum atomic E-state index is -0.477. The Morgan fingerprint density at radius 2 is 1.67 bits per heavy atom. The Balaban J connectivity index is 1.88. The average Bonchev–Trinajstić information content (AvgIpc) is 2.77. The zero-order chi connectivity index (χ0) is 24.1. The third kappa shape index (κ3) is 5.40. The molecule has 33 heavy (non-hydrogen) atoms. The van der Waals surface area contributed by atoms with Gasteiger partial charge in [0.05, 0.1) is 21.3 Å². The van der Waals surface area contributed by atoms with Crippen LogP contribution in [0.3, 0.4) is 0 Å². The van der Waals surface area contributed by atoms with E-state index in [9.17, 15) is 14.0 Å². The summed E-state index contributed by atoms with van der Waals surface area (Å²) < 4.78 is 30.7. The van der Waals surface area contributed by atoms with Crippen LogP contribution in [-0.2, 0) is 11.3 Å². The summed E-state index contributed by atoms with van der Waals surface area (Å²) in [5.41, 5.74) is 1.42. The largest absolute Gasteiger partial charge is 0.493 e. The van der Waals surface area contributed by atoms with E-state index in [2.05, 4.69) is 15.6 Å². The maximum atomic E-state index is 13.6. The van der Waals surface area contributed by atoms with Gasteiger partial charge in [0.25, 0.3) is 5.56 Å². The van der Waals surface area contributed by atoms with Crippen molar-refractivity contribution in [2.24, 2.45) is 0 Å².